The van der Waals surface area contributed by atoms with E-state index < -0.39 is 5.97 Å². The fourth-order valence-corrected chi connectivity index (χ4v) is 3.61. The Balaban J connectivity index is 2.20. The van der Waals surface area contributed by atoms with Gasteiger partial charge in [-0.2, -0.15) is 0 Å². The second-order valence-corrected chi connectivity index (χ2v) is 6.96. The first-order valence-electron chi connectivity index (χ1n) is 9.23. The van der Waals surface area contributed by atoms with Gasteiger partial charge < -0.3 is 14.6 Å². The quantitative estimate of drug-likeness (QED) is 0.529. The van der Waals surface area contributed by atoms with Crippen LogP contribution in [0, 0.1) is 0 Å². The minimum atomic E-state index is -0.928. The van der Waals surface area contributed by atoms with Crippen molar-refractivity contribution in [2.45, 2.75) is 52.9 Å². The number of ether oxygens (including phenoxy) is 2. The highest BCUT2D eigenvalue weighted by atomic mass is 32.1. The van der Waals surface area contributed by atoms with Crippen LogP contribution >= 0.6 is 11.3 Å². The number of carboxylic acids is 1. The van der Waals surface area contributed by atoms with Crippen molar-refractivity contribution in [1.82, 2.24) is 4.98 Å². The van der Waals surface area contributed by atoms with Crippen molar-refractivity contribution in [3.8, 4) is 22.1 Å². The van der Waals surface area contributed by atoms with Gasteiger partial charge in [-0.1, -0.05) is 33.1 Å². The summed E-state index contributed by atoms with van der Waals surface area (Å²) in [5, 5.41) is 10.0. The molecule has 0 fully saturated rings. The summed E-state index contributed by atoms with van der Waals surface area (Å²) >= 11 is 1.20. The number of rotatable bonds is 11. The molecule has 26 heavy (non-hydrogen) atoms. The molecule has 0 saturated carbocycles. The average Bonchev–Trinajstić information content (AvgIpc) is 3.07. The first-order chi connectivity index (χ1) is 12.6. The number of benzene rings is 1. The molecule has 0 unspecified atom stereocenters. The van der Waals surface area contributed by atoms with E-state index in [1.807, 2.05) is 32.0 Å². The van der Waals surface area contributed by atoms with Crippen molar-refractivity contribution in [3.63, 3.8) is 0 Å². The molecule has 1 aromatic carbocycles. The van der Waals surface area contributed by atoms with E-state index in [1.165, 1.54) is 24.2 Å². The number of aromatic carboxylic acids is 1. The third-order valence-electron chi connectivity index (χ3n) is 3.97. The van der Waals surface area contributed by atoms with E-state index in [2.05, 4.69) is 11.9 Å². The van der Waals surface area contributed by atoms with Crippen molar-refractivity contribution in [3.05, 3.63) is 28.8 Å². The normalized spacial score (nSPS) is 10.7. The molecule has 2 rings (SSSR count). The second kappa shape index (κ2) is 10.2. The van der Waals surface area contributed by atoms with E-state index in [0.29, 0.717) is 41.0 Å². The Morgan fingerprint density at radius 3 is 2.54 bits per heavy atom. The molecule has 0 aliphatic rings. The zero-order chi connectivity index (χ0) is 18.9. The van der Waals surface area contributed by atoms with E-state index in [1.54, 1.807) is 0 Å². The van der Waals surface area contributed by atoms with Gasteiger partial charge >= 0.3 is 5.97 Å². The summed E-state index contributed by atoms with van der Waals surface area (Å²) in [7, 11) is 0. The van der Waals surface area contributed by atoms with Gasteiger partial charge in [0, 0.05) is 5.56 Å². The van der Waals surface area contributed by atoms with Crippen molar-refractivity contribution in [2.24, 2.45) is 0 Å². The Hall–Kier alpha value is -2.08. The summed E-state index contributed by atoms with van der Waals surface area (Å²) in [5.74, 6) is 0.464. The highest BCUT2D eigenvalue weighted by molar-refractivity contribution is 7.17. The molecule has 0 radical (unpaired) electrons. The van der Waals surface area contributed by atoms with Crippen LogP contribution in [0.2, 0.25) is 0 Å². The molecule has 142 valence electrons. The van der Waals surface area contributed by atoms with Crippen LogP contribution in [0.5, 0.6) is 11.5 Å². The summed E-state index contributed by atoms with van der Waals surface area (Å²) in [6.45, 7) is 7.23. The molecule has 0 bridgehead atoms. The van der Waals surface area contributed by atoms with Crippen LogP contribution < -0.4 is 9.47 Å². The van der Waals surface area contributed by atoms with Crippen molar-refractivity contribution < 1.29 is 19.4 Å². The third-order valence-corrected chi connectivity index (χ3v) is 5.11. The maximum absolute atomic E-state index is 11.4. The van der Waals surface area contributed by atoms with E-state index in [0.717, 1.165) is 24.2 Å². The lowest BCUT2D eigenvalue weighted by molar-refractivity contribution is 0.0701. The second-order valence-electron chi connectivity index (χ2n) is 5.96. The number of thiazole rings is 1. The predicted molar refractivity (Wildman–Crippen MR) is 105 cm³/mol. The molecule has 5 nitrogen and oxygen atoms in total. The maximum atomic E-state index is 11.4. The van der Waals surface area contributed by atoms with Gasteiger partial charge in [-0.15, -0.1) is 11.3 Å². The van der Waals surface area contributed by atoms with E-state index in [9.17, 15) is 9.90 Å². The van der Waals surface area contributed by atoms with Gasteiger partial charge in [0.05, 0.1) is 18.9 Å². The van der Waals surface area contributed by atoms with Crippen LogP contribution in [0.4, 0.5) is 0 Å². The highest BCUT2D eigenvalue weighted by Gasteiger charge is 2.18. The number of carboxylic acid groups (broad SMARTS) is 1. The number of unbranched alkanes of at least 4 members (excludes halogenated alkanes) is 3. The Morgan fingerprint density at radius 1 is 1.12 bits per heavy atom. The molecule has 1 heterocycles. The van der Waals surface area contributed by atoms with Crippen LogP contribution in [-0.2, 0) is 6.42 Å². The van der Waals surface area contributed by atoms with Crippen molar-refractivity contribution in [1.29, 1.82) is 0 Å². The van der Waals surface area contributed by atoms with Crippen LogP contribution in [0.1, 0.15) is 61.8 Å². The van der Waals surface area contributed by atoms with Crippen LogP contribution in [0.3, 0.4) is 0 Å². The minimum Gasteiger partial charge on any atom is -0.490 e. The maximum Gasteiger partial charge on any atom is 0.347 e. The van der Waals surface area contributed by atoms with Gasteiger partial charge in [0.15, 0.2) is 11.5 Å². The SMILES string of the molecule is CCCCCCOc1ccc(-c2nc(CC)c(C(=O)O)s2)cc1OCC. The summed E-state index contributed by atoms with van der Waals surface area (Å²) in [6, 6.07) is 5.68. The molecule has 1 aromatic heterocycles. The smallest absolute Gasteiger partial charge is 0.347 e. The summed E-state index contributed by atoms with van der Waals surface area (Å²) in [4.78, 5) is 16.2. The van der Waals surface area contributed by atoms with Gasteiger partial charge in [-0.3, -0.25) is 0 Å². The zero-order valence-electron chi connectivity index (χ0n) is 15.7. The Bertz CT molecular complexity index is 727. The molecule has 0 amide bonds. The lowest BCUT2D eigenvalue weighted by Crippen LogP contribution is -2.01. The van der Waals surface area contributed by atoms with Gasteiger partial charge in [-0.25, -0.2) is 9.78 Å². The number of nitrogens with zero attached hydrogens (tertiary/aromatic N) is 1. The molecule has 0 spiro atoms. The minimum absolute atomic E-state index is 0.303. The van der Waals surface area contributed by atoms with E-state index in [-0.39, 0.29) is 0 Å². The topological polar surface area (TPSA) is 68.7 Å². The standard InChI is InChI=1S/C20H27NO4S/c1-4-7-8-9-12-25-16-11-10-14(13-17(16)24-6-3)19-21-15(5-2)18(26-19)20(22)23/h10-11,13H,4-9,12H2,1-3H3,(H,22,23). The highest BCUT2D eigenvalue weighted by Crippen LogP contribution is 2.35. The summed E-state index contributed by atoms with van der Waals surface area (Å²) in [6.07, 6.45) is 5.20. The molecule has 6 heteroatoms. The lowest BCUT2D eigenvalue weighted by Gasteiger charge is -2.13. The molecule has 0 atom stereocenters. The first-order valence-corrected chi connectivity index (χ1v) is 10.0. The fraction of sp³-hybridized carbons (Fsp3) is 0.500. The largest absolute Gasteiger partial charge is 0.490 e. The van der Waals surface area contributed by atoms with Crippen molar-refractivity contribution in [2.75, 3.05) is 13.2 Å². The molecule has 2 aromatic rings. The van der Waals surface area contributed by atoms with Crippen molar-refractivity contribution >= 4 is 17.3 Å². The van der Waals surface area contributed by atoms with Gasteiger partial charge in [-0.05, 0) is 38.0 Å². The van der Waals surface area contributed by atoms with Crippen LogP contribution in [-0.4, -0.2) is 29.3 Å². The molecule has 0 aliphatic carbocycles. The molecular formula is C20H27NO4S. The molecule has 1 N–H and O–H groups in total. The van der Waals surface area contributed by atoms with Crippen LogP contribution in [0.25, 0.3) is 10.6 Å². The Labute approximate surface area is 159 Å². The van der Waals surface area contributed by atoms with Gasteiger partial charge in [0.25, 0.3) is 0 Å². The molecular weight excluding hydrogens is 350 g/mol. The number of carbonyl (C=O) groups is 1. The van der Waals surface area contributed by atoms with E-state index >= 15 is 0 Å². The number of aryl methyl sites for hydroxylation is 1. The molecule has 0 saturated heterocycles. The lowest BCUT2D eigenvalue weighted by atomic mass is 10.2. The fourth-order valence-electron chi connectivity index (χ4n) is 2.62. The third kappa shape index (κ3) is 5.21. The van der Waals surface area contributed by atoms with Gasteiger partial charge in [0.1, 0.15) is 9.88 Å². The van der Waals surface area contributed by atoms with Crippen LogP contribution in [0.15, 0.2) is 18.2 Å². The number of hydrogen-bond donors (Lipinski definition) is 1. The number of aromatic nitrogens is 1. The first kappa shape index (κ1) is 20.2. The zero-order valence-corrected chi connectivity index (χ0v) is 16.5. The Kier molecular flexibility index (Phi) is 7.91. The number of hydrogen-bond acceptors (Lipinski definition) is 5. The molecule has 0 aliphatic heterocycles. The van der Waals surface area contributed by atoms with E-state index in [4.69, 9.17) is 9.47 Å². The van der Waals surface area contributed by atoms with Gasteiger partial charge in [0.2, 0.25) is 0 Å². The predicted octanol–water partition coefficient (Wildman–Crippen LogP) is 5.43. The summed E-state index contributed by atoms with van der Waals surface area (Å²) in [5.41, 5.74) is 1.46. The average molecular weight is 378 g/mol. The summed E-state index contributed by atoms with van der Waals surface area (Å²) < 4.78 is 11.6. The monoisotopic (exact) mass is 377 g/mol. The Morgan fingerprint density at radius 2 is 1.92 bits per heavy atom.